The molecule has 196 valence electrons. The summed E-state index contributed by atoms with van der Waals surface area (Å²) in [5.74, 6) is 0. The van der Waals surface area contributed by atoms with Crippen LogP contribution in [0.5, 0.6) is 0 Å². The monoisotopic (exact) mass is 536 g/mol. The molecule has 3 aromatic heterocycles. The standard InChI is InChI=1S/C38H24N4/c1-3-12-25(13-4-1)26-14-11-17-28(22-26)42-32-20-9-7-18-29(32)34-31-23-39-24-40-36(31)35-30-19-8-10-21-33(30)41(38(35)37(34)42)27-15-5-2-6-16-27/h1-24H. The van der Waals surface area contributed by atoms with Gasteiger partial charge in [0.2, 0.25) is 0 Å². The van der Waals surface area contributed by atoms with Crippen LogP contribution in [0.1, 0.15) is 0 Å². The van der Waals surface area contributed by atoms with Crippen LogP contribution in [0.3, 0.4) is 0 Å². The molecule has 0 radical (unpaired) electrons. The van der Waals surface area contributed by atoms with E-state index in [0.717, 1.165) is 49.7 Å². The van der Waals surface area contributed by atoms with Crippen LogP contribution in [0.25, 0.3) is 77.0 Å². The Hall–Kier alpha value is -5.74. The number of benzene rings is 6. The zero-order valence-corrected chi connectivity index (χ0v) is 22.6. The molecule has 0 bridgehead atoms. The Kier molecular flexibility index (Phi) is 4.87. The maximum atomic E-state index is 4.93. The topological polar surface area (TPSA) is 35.6 Å². The summed E-state index contributed by atoms with van der Waals surface area (Å²) in [5.41, 5.74) is 10.2. The van der Waals surface area contributed by atoms with Gasteiger partial charge in [0.05, 0.1) is 27.6 Å². The summed E-state index contributed by atoms with van der Waals surface area (Å²) in [4.78, 5) is 9.46. The second-order valence-electron chi connectivity index (χ2n) is 10.7. The normalized spacial score (nSPS) is 11.8. The molecule has 0 spiro atoms. The van der Waals surface area contributed by atoms with Gasteiger partial charge in [-0.3, -0.25) is 0 Å². The van der Waals surface area contributed by atoms with Crippen molar-refractivity contribution in [3.63, 3.8) is 0 Å². The van der Waals surface area contributed by atoms with Crippen molar-refractivity contribution in [3.05, 3.63) is 146 Å². The molecule has 4 nitrogen and oxygen atoms in total. The van der Waals surface area contributed by atoms with E-state index in [0.29, 0.717) is 0 Å². The van der Waals surface area contributed by atoms with Crippen LogP contribution >= 0.6 is 0 Å². The lowest BCUT2D eigenvalue weighted by atomic mass is 10.0. The second kappa shape index (κ2) is 8.88. The summed E-state index contributed by atoms with van der Waals surface area (Å²) in [5, 5.41) is 5.73. The average Bonchev–Trinajstić information content (AvgIpc) is 3.60. The average molecular weight is 537 g/mol. The van der Waals surface area contributed by atoms with Gasteiger partial charge in [0.1, 0.15) is 6.33 Å². The quantitative estimate of drug-likeness (QED) is 0.225. The number of aromatic nitrogens is 4. The third kappa shape index (κ3) is 3.17. The molecule has 0 N–H and O–H groups in total. The van der Waals surface area contributed by atoms with Crippen molar-refractivity contribution < 1.29 is 0 Å². The zero-order chi connectivity index (χ0) is 27.6. The van der Waals surface area contributed by atoms with Crippen LogP contribution in [-0.4, -0.2) is 19.1 Å². The number of fused-ring (bicyclic) bond motifs is 10. The largest absolute Gasteiger partial charge is 0.307 e. The highest BCUT2D eigenvalue weighted by Gasteiger charge is 2.25. The lowest BCUT2D eigenvalue weighted by molar-refractivity contribution is 1.15. The van der Waals surface area contributed by atoms with Crippen molar-refractivity contribution in [1.82, 2.24) is 19.1 Å². The van der Waals surface area contributed by atoms with Gasteiger partial charge in [0, 0.05) is 44.5 Å². The van der Waals surface area contributed by atoms with Crippen molar-refractivity contribution >= 4 is 54.5 Å². The summed E-state index contributed by atoms with van der Waals surface area (Å²) >= 11 is 0. The van der Waals surface area contributed by atoms with E-state index < -0.39 is 0 Å². The molecule has 0 fully saturated rings. The first kappa shape index (κ1) is 23.0. The fourth-order valence-electron chi connectivity index (χ4n) is 6.72. The maximum Gasteiger partial charge on any atom is 0.116 e. The summed E-state index contributed by atoms with van der Waals surface area (Å²) in [7, 11) is 0. The van der Waals surface area contributed by atoms with Crippen molar-refractivity contribution in [2.24, 2.45) is 0 Å². The minimum absolute atomic E-state index is 0.972. The van der Waals surface area contributed by atoms with E-state index in [1.165, 1.54) is 27.3 Å². The molecular formula is C38H24N4. The third-order valence-electron chi connectivity index (χ3n) is 8.42. The van der Waals surface area contributed by atoms with Crippen molar-refractivity contribution in [1.29, 1.82) is 0 Å². The molecule has 3 heterocycles. The van der Waals surface area contributed by atoms with Crippen LogP contribution < -0.4 is 0 Å². The van der Waals surface area contributed by atoms with Crippen LogP contribution in [-0.2, 0) is 0 Å². The van der Waals surface area contributed by atoms with E-state index in [1.54, 1.807) is 6.33 Å². The Bertz CT molecular complexity index is 2450. The van der Waals surface area contributed by atoms with Crippen LogP contribution in [0.2, 0.25) is 0 Å². The van der Waals surface area contributed by atoms with E-state index in [4.69, 9.17) is 4.98 Å². The predicted octanol–water partition coefficient (Wildman–Crippen LogP) is 9.49. The lowest BCUT2D eigenvalue weighted by Crippen LogP contribution is -1.99. The molecule has 0 aliphatic rings. The molecule has 6 aromatic carbocycles. The summed E-state index contributed by atoms with van der Waals surface area (Å²) < 4.78 is 4.84. The number of rotatable bonds is 3. The van der Waals surface area contributed by atoms with Crippen molar-refractivity contribution in [2.75, 3.05) is 0 Å². The lowest BCUT2D eigenvalue weighted by Gasteiger charge is -2.14. The number of para-hydroxylation sites is 3. The Morgan fingerprint density at radius 2 is 1.02 bits per heavy atom. The Labute approximate surface area is 241 Å². The molecule has 4 heteroatoms. The summed E-state index contributed by atoms with van der Waals surface area (Å²) in [6, 6.07) is 47.5. The fourth-order valence-corrected chi connectivity index (χ4v) is 6.72. The van der Waals surface area contributed by atoms with Gasteiger partial charge in [-0.05, 0) is 47.5 Å². The molecular weight excluding hydrogens is 512 g/mol. The van der Waals surface area contributed by atoms with Gasteiger partial charge in [0.15, 0.2) is 0 Å². The van der Waals surface area contributed by atoms with Gasteiger partial charge in [-0.25, -0.2) is 9.97 Å². The summed E-state index contributed by atoms with van der Waals surface area (Å²) in [6.45, 7) is 0. The van der Waals surface area contributed by atoms with Crippen LogP contribution in [0.4, 0.5) is 0 Å². The molecule has 42 heavy (non-hydrogen) atoms. The number of hydrogen-bond acceptors (Lipinski definition) is 2. The molecule has 0 aliphatic carbocycles. The highest BCUT2D eigenvalue weighted by atomic mass is 15.0. The third-order valence-corrected chi connectivity index (χ3v) is 8.42. The highest BCUT2D eigenvalue weighted by molar-refractivity contribution is 6.35. The molecule has 0 saturated carbocycles. The molecule has 0 atom stereocenters. The van der Waals surface area contributed by atoms with Crippen molar-refractivity contribution in [3.8, 4) is 22.5 Å². The van der Waals surface area contributed by atoms with E-state index in [1.807, 2.05) is 6.20 Å². The Morgan fingerprint density at radius 1 is 0.452 bits per heavy atom. The first-order valence-electron chi connectivity index (χ1n) is 14.2. The molecule has 0 amide bonds. The smallest absolute Gasteiger partial charge is 0.116 e. The van der Waals surface area contributed by atoms with Gasteiger partial charge >= 0.3 is 0 Å². The van der Waals surface area contributed by atoms with E-state index in [-0.39, 0.29) is 0 Å². The minimum atomic E-state index is 0.972. The maximum absolute atomic E-state index is 4.93. The summed E-state index contributed by atoms with van der Waals surface area (Å²) in [6.07, 6.45) is 3.65. The second-order valence-corrected chi connectivity index (χ2v) is 10.7. The van der Waals surface area contributed by atoms with Crippen LogP contribution in [0.15, 0.2) is 146 Å². The minimum Gasteiger partial charge on any atom is -0.307 e. The van der Waals surface area contributed by atoms with Crippen molar-refractivity contribution in [2.45, 2.75) is 0 Å². The molecule has 9 rings (SSSR count). The van der Waals surface area contributed by atoms with Gasteiger partial charge in [-0.15, -0.1) is 0 Å². The van der Waals surface area contributed by atoms with Gasteiger partial charge < -0.3 is 9.13 Å². The Balaban J connectivity index is 1.57. The zero-order valence-electron chi connectivity index (χ0n) is 22.6. The first-order valence-corrected chi connectivity index (χ1v) is 14.2. The number of nitrogens with zero attached hydrogens (tertiary/aromatic N) is 4. The first-order chi connectivity index (χ1) is 20.9. The fraction of sp³-hybridized carbons (Fsp3) is 0. The molecule has 0 unspecified atom stereocenters. The van der Waals surface area contributed by atoms with E-state index in [9.17, 15) is 0 Å². The SMILES string of the molecule is c1ccc(-c2cccc(-n3c4ccccc4c4c5cncnc5c5c6ccccc6n(-c6ccccc6)c5c43)c2)cc1. The van der Waals surface area contributed by atoms with Gasteiger partial charge in [0.25, 0.3) is 0 Å². The Morgan fingerprint density at radius 3 is 1.79 bits per heavy atom. The molecule has 0 aliphatic heterocycles. The van der Waals surface area contributed by atoms with E-state index in [2.05, 4.69) is 148 Å². The van der Waals surface area contributed by atoms with E-state index >= 15 is 0 Å². The highest BCUT2D eigenvalue weighted by Crippen LogP contribution is 2.46. The van der Waals surface area contributed by atoms with Gasteiger partial charge in [-0.2, -0.15) is 0 Å². The van der Waals surface area contributed by atoms with Crippen LogP contribution in [0, 0.1) is 0 Å². The van der Waals surface area contributed by atoms with Gasteiger partial charge in [-0.1, -0.05) is 97.1 Å². The number of hydrogen-bond donors (Lipinski definition) is 0. The molecule has 0 saturated heterocycles. The predicted molar refractivity (Wildman–Crippen MR) is 174 cm³/mol. The molecule has 9 aromatic rings.